The van der Waals surface area contributed by atoms with Crippen LogP contribution in [0.3, 0.4) is 0 Å². The quantitative estimate of drug-likeness (QED) is 0.583. The van der Waals surface area contributed by atoms with Gasteiger partial charge in [0.2, 0.25) is 0 Å². The van der Waals surface area contributed by atoms with Gasteiger partial charge >= 0.3 is 0 Å². The molecule has 3 rings (SSSR count). The molecule has 0 bridgehead atoms. The van der Waals surface area contributed by atoms with Gasteiger partial charge in [-0.1, -0.05) is 24.3 Å². The molecule has 1 unspecified atom stereocenters. The summed E-state index contributed by atoms with van der Waals surface area (Å²) in [6.45, 7) is 0. The zero-order chi connectivity index (χ0) is 15.0. The van der Waals surface area contributed by atoms with E-state index in [2.05, 4.69) is 15.9 Å². The topological polar surface area (TPSA) is 20.2 Å². The Morgan fingerprint density at radius 1 is 1.05 bits per heavy atom. The van der Waals surface area contributed by atoms with Gasteiger partial charge in [0.15, 0.2) is 0 Å². The van der Waals surface area contributed by atoms with E-state index in [0.29, 0.717) is 12.0 Å². The first kappa shape index (κ1) is 14.7. The van der Waals surface area contributed by atoms with Gasteiger partial charge in [-0.3, -0.25) is 0 Å². The molecule has 2 aromatic rings. The lowest BCUT2D eigenvalue weighted by Crippen LogP contribution is -2.30. The van der Waals surface area contributed by atoms with Crippen molar-refractivity contribution >= 4 is 15.9 Å². The van der Waals surface area contributed by atoms with E-state index >= 15 is 0 Å². The molecule has 0 aromatic heterocycles. The van der Waals surface area contributed by atoms with E-state index in [1.165, 1.54) is 12.1 Å². The van der Waals surface area contributed by atoms with Crippen LogP contribution in [0.25, 0.3) is 0 Å². The Labute approximate surface area is 130 Å². The van der Waals surface area contributed by atoms with Crippen LogP contribution in [0.1, 0.15) is 36.0 Å². The average molecular weight is 353 g/mol. The normalized spacial score (nSPS) is 21.7. The van der Waals surface area contributed by atoms with Gasteiger partial charge in [-0.2, -0.15) is 0 Å². The molecule has 2 aromatic carbocycles. The molecule has 1 aliphatic carbocycles. The number of aliphatic hydroxyl groups is 1. The van der Waals surface area contributed by atoms with Crippen molar-refractivity contribution in [3.05, 3.63) is 69.2 Å². The number of hydrogen-bond donors (Lipinski definition) is 1. The SMILES string of the molecule is OC1(c2c(F)ccc(Br)c2F)CCCCc2ccccc21. The molecule has 1 aliphatic rings. The van der Waals surface area contributed by atoms with Crippen molar-refractivity contribution in [2.75, 3.05) is 0 Å². The largest absolute Gasteiger partial charge is 0.380 e. The Morgan fingerprint density at radius 3 is 2.62 bits per heavy atom. The van der Waals surface area contributed by atoms with Crippen molar-refractivity contribution in [3.8, 4) is 0 Å². The van der Waals surface area contributed by atoms with Crippen LogP contribution < -0.4 is 0 Å². The molecule has 0 fully saturated rings. The van der Waals surface area contributed by atoms with Crippen molar-refractivity contribution in [1.82, 2.24) is 0 Å². The number of halogens is 3. The average Bonchev–Trinajstić information content (AvgIpc) is 2.64. The van der Waals surface area contributed by atoms with Crippen molar-refractivity contribution in [2.24, 2.45) is 0 Å². The smallest absolute Gasteiger partial charge is 0.146 e. The van der Waals surface area contributed by atoms with Crippen molar-refractivity contribution in [2.45, 2.75) is 31.3 Å². The van der Waals surface area contributed by atoms with Crippen LogP contribution >= 0.6 is 15.9 Å². The zero-order valence-electron chi connectivity index (χ0n) is 11.4. The van der Waals surface area contributed by atoms with Crippen LogP contribution in [0, 0.1) is 11.6 Å². The van der Waals surface area contributed by atoms with E-state index in [0.717, 1.165) is 24.8 Å². The van der Waals surface area contributed by atoms with E-state index in [4.69, 9.17) is 0 Å². The van der Waals surface area contributed by atoms with Gasteiger partial charge in [-0.15, -0.1) is 0 Å². The highest BCUT2D eigenvalue weighted by atomic mass is 79.9. The highest BCUT2D eigenvalue weighted by Crippen LogP contribution is 2.42. The number of fused-ring (bicyclic) bond motifs is 1. The van der Waals surface area contributed by atoms with E-state index < -0.39 is 17.2 Å². The van der Waals surface area contributed by atoms with Crippen molar-refractivity contribution < 1.29 is 13.9 Å². The van der Waals surface area contributed by atoms with Gasteiger partial charge in [-0.05, 0) is 64.9 Å². The van der Waals surface area contributed by atoms with Gasteiger partial charge in [0, 0.05) is 0 Å². The minimum Gasteiger partial charge on any atom is -0.380 e. The lowest BCUT2D eigenvalue weighted by Gasteiger charge is -2.30. The Balaban J connectivity index is 2.28. The molecular formula is C17H15BrF2O. The molecule has 0 saturated heterocycles. The standard InChI is InChI=1S/C17H15BrF2O/c18-13-8-9-14(19)15(16(13)20)17(21)10-4-3-6-11-5-1-2-7-12(11)17/h1-2,5,7-9,21H,3-4,6,10H2. The molecule has 1 atom stereocenters. The van der Waals surface area contributed by atoms with Crippen molar-refractivity contribution in [1.29, 1.82) is 0 Å². The Bertz CT molecular complexity index is 686. The number of rotatable bonds is 1. The van der Waals surface area contributed by atoms with Crippen LogP contribution in [-0.2, 0) is 12.0 Å². The van der Waals surface area contributed by atoms with Crippen LogP contribution in [-0.4, -0.2) is 5.11 Å². The maximum absolute atomic E-state index is 14.5. The molecule has 0 saturated carbocycles. The summed E-state index contributed by atoms with van der Waals surface area (Å²) in [6, 6.07) is 9.87. The number of aryl methyl sites for hydroxylation is 1. The maximum atomic E-state index is 14.5. The lowest BCUT2D eigenvalue weighted by molar-refractivity contribution is 0.0623. The molecule has 110 valence electrons. The van der Waals surface area contributed by atoms with Crippen LogP contribution in [0.2, 0.25) is 0 Å². The second-order valence-electron chi connectivity index (χ2n) is 5.44. The number of hydrogen-bond acceptors (Lipinski definition) is 1. The van der Waals surface area contributed by atoms with Crippen LogP contribution in [0.4, 0.5) is 8.78 Å². The van der Waals surface area contributed by atoms with Gasteiger partial charge in [0.25, 0.3) is 0 Å². The summed E-state index contributed by atoms with van der Waals surface area (Å²) in [5, 5.41) is 11.2. The second kappa shape index (κ2) is 5.50. The van der Waals surface area contributed by atoms with E-state index in [9.17, 15) is 13.9 Å². The summed E-state index contributed by atoms with van der Waals surface area (Å²) in [7, 11) is 0. The highest BCUT2D eigenvalue weighted by Gasteiger charge is 2.39. The van der Waals surface area contributed by atoms with Gasteiger partial charge in [-0.25, -0.2) is 8.78 Å². The number of benzene rings is 2. The van der Waals surface area contributed by atoms with Crippen LogP contribution in [0.5, 0.6) is 0 Å². The third-order valence-electron chi connectivity index (χ3n) is 4.16. The molecule has 21 heavy (non-hydrogen) atoms. The third kappa shape index (κ3) is 2.40. The third-order valence-corrected chi connectivity index (χ3v) is 4.77. The molecule has 4 heteroatoms. The molecule has 1 N–H and O–H groups in total. The minimum atomic E-state index is -1.62. The van der Waals surface area contributed by atoms with Gasteiger partial charge in [0.1, 0.15) is 17.2 Å². The first-order valence-corrected chi connectivity index (χ1v) is 7.78. The Kier molecular flexibility index (Phi) is 3.84. The van der Waals surface area contributed by atoms with Gasteiger partial charge in [0.05, 0.1) is 10.0 Å². The van der Waals surface area contributed by atoms with Crippen LogP contribution in [0.15, 0.2) is 40.9 Å². The maximum Gasteiger partial charge on any atom is 0.146 e. The molecule has 0 aliphatic heterocycles. The fourth-order valence-corrected chi connectivity index (χ4v) is 3.47. The fraction of sp³-hybridized carbons (Fsp3) is 0.294. The molecular weight excluding hydrogens is 338 g/mol. The molecule has 1 nitrogen and oxygen atoms in total. The molecule has 0 spiro atoms. The molecule has 0 radical (unpaired) electrons. The Hall–Kier alpha value is -1.26. The summed E-state index contributed by atoms with van der Waals surface area (Å²) < 4.78 is 28.9. The first-order valence-electron chi connectivity index (χ1n) is 6.99. The summed E-state index contributed by atoms with van der Waals surface area (Å²) in [5.74, 6) is -1.44. The minimum absolute atomic E-state index is 0.161. The van der Waals surface area contributed by atoms with E-state index in [1.54, 1.807) is 12.1 Å². The van der Waals surface area contributed by atoms with Gasteiger partial charge < -0.3 is 5.11 Å². The molecule has 0 heterocycles. The monoisotopic (exact) mass is 352 g/mol. The zero-order valence-corrected chi connectivity index (χ0v) is 13.0. The summed E-state index contributed by atoms with van der Waals surface area (Å²) in [5.41, 5.74) is -0.314. The Morgan fingerprint density at radius 2 is 1.81 bits per heavy atom. The summed E-state index contributed by atoms with van der Waals surface area (Å²) >= 11 is 3.08. The van der Waals surface area contributed by atoms with E-state index in [-0.39, 0.29) is 10.0 Å². The predicted octanol–water partition coefficient (Wildman–Crippen LogP) is 4.69. The highest BCUT2D eigenvalue weighted by molar-refractivity contribution is 9.10. The van der Waals surface area contributed by atoms with Crippen molar-refractivity contribution in [3.63, 3.8) is 0 Å². The predicted molar refractivity (Wildman–Crippen MR) is 81.1 cm³/mol. The summed E-state index contributed by atoms with van der Waals surface area (Å²) in [4.78, 5) is 0. The molecule has 0 amide bonds. The summed E-state index contributed by atoms with van der Waals surface area (Å²) in [6.07, 6.45) is 2.75. The first-order chi connectivity index (χ1) is 10.0. The lowest BCUT2D eigenvalue weighted by atomic mass is 9.81. The van der Waals surface area contributed by atoms with E-state index in [1.807, 2.05) is 12.1 Å². The fourth-order valence-electron chi connectivity index (χ4n) is 3.14. The second-order valence-corrected chi connectivity index (χ2v) is 6.30.